The van der Waals surface area contributed by atoms with Crippen molar-refractivity contribution in [2.24, 2.45) is 0 Å². The molecule has 4 heterocycles. The first kappa shape index (κ1) is 29.3. The first-order valence-corrected chi connectivity index (χ1v) is 14.4. The van der Waals surface area contributed by atoms with E-state index in [0.29, 0.717) is 6.07 Å². The van der Waals surface area contributed by atoms with Crippen molar-refractivity contribution in [3.8, 4) is 11.1 Å². The zero-order valence-electron chi connectivity index (χ0n) is 22.8. The number of piperidine rings is 1. The van der Waals surface area contributed by atoms with Crippen molar-refractivity contribution in [3.63, 3.8) is 0 Å². The minimum absolute atomic E-state index is 0.00870. The Morgan fingerprint density at radius 1 is 1.16 bits per heavy atom. The van der Waals surface area contributed by atoms with E-state index < -0.39 is 58.3 Å². The summed E-state index contributed by atoms with van der Waals surface area (Å²) in [5.41, 5.74) is -2.71. The molecule has 1 aromatic heterocycles. The molecule has 3 aromatic rings. The number of benzene rings is 2. The maximum Gasteiger partial charge on any atom is 0.417 e. The lowest BCUT2D eigenvalue weighted by molar-refractivity contribution is -0.139. The van der Waals surface area contributed by atoms with E-state index in [1.807, 2.05) is 0 Å². The van der Waals surface area contributed by atoms with Crippen LogP contribution in [0.3, 0.4) is 0 Å². The number of hydrogen-bond donors (Lipinski definition) is 0. The van der Waals surface area contributed by atoms with E-state index in [9.17, 15) is 31.9 Å². The smallest absolute Gasteiger partial charge is 0.383 e. The van der Waals surface area contributed by atoms with Crippen molar-refractivity contribution in [3.05, 3.63) is 64.6 Å². The molecule has 0 N–H and O–H groups in total. The highest BCUT2D eigenvalue weighted by molar-refractivity contribution is 7.99. The van der Waals surface area contributed by atoms with Gasteiger partial charge in [-0.2, -0.15) is 18.2 Å². The molecule has 8 nitrogen and oxygen atoms in total. The predicted octanol–water partition coefficient (Wildman–Crippen LogP) is 4.59. The van der Waals surface area contributed by atoms with Crippen LogP contribution in [-0.2, 0) is 20.5 Å². The van der Waals surface area contributed by atoms with Gasteiger partial charge < -0.3 is 14.5 Å². The predicted molar refractivity (Wildman–Crippen MR) is 149 cm³/mol. The van der Waals surface area contributed by atoms with Gasteiger partial charge in [0.15, 0.2) is 0 Å². The quantitative estimate of drug-likeness (QED) is 0.305. The summed E-state index contributed by atoms with van der Waals surface area (Å²) in [6.07, 6.45) is -3.72. The molecular formula is C29H25F5N4O4S. The van der Waals surface area contributed by atoms with Crippen LogP contribution >= 0.6 is 11.8 Å². The van der Waals surface area contributed by atoms with Gasteiger partial charge in [-0.25, -0.2) is 13.6 Å². The number of methoxy groups -OCH3 is 1. The Morgan fingerprint density at radius 3 is 2.47 bits per heavy atom. The van der Waals surface area contributed by atoms with Gasteiger partial charge >= 0.3 is 11.9 Å². The lowest BCUT2D eigenvalue weighted by atomic mass is 9.89. The normalized spacial score (nSPS) is 21.8. The third-order valence-corrected chi connectivity index (χ3v) is 9.34. The molecule has 0 saturated carbocycles. The molecule has 0 radical (unpaired) electrons. The number of hydrogen-bond acceptors (Lipinski definition) is 7. The first-order valence-electron chi connectivity index (χ1n) is 13.4. The Kier molecular flexibility index (Phi) is 7.32. The van der Waals surface area contributed by atoms with Crippen LogP contribution in [0.25, 0.3) is 22.0 Å². The fourth-order valence-corrected chi connectivity index (χ4v) is 7.77. The van der Waals surface area contributed by atoms with Crippen LogP contribution in [0.15, 0.2) is 46.6 Å². The van der Waals surface area contributed by atoms with Crippen molar-refractivity contribution in [1.82, 2.24) is 14.5 Å². The maximum absolute atomic E-state index is 15.1. The first-order chi connectivity index (χ1) is 20.4. The number of ether oxygens (including phenoxy) is 1. The molecule has 226 valence electrons. The number of aromatic nitrogens is 2. The molecule has 2 aromatic carbocycles. The van der Waals surface area contributed by atoms with Gasteiger partial charge in [-0.3, -0.25) is 14.2 Å². The van der Waals surface area contributed by atoms with Gasteiger partial charge in [-0.05, 0) is 24.3 Å². The summed E-state index contributed by atoms with van der Waals surface area (Å²) in [6, 6.07) is 1.44. The van der Waals surface area contributed by atoms with Gasteiger partial charge in [-0.15, -0.1) is 11.8 Å². The molecule has 2 fully saturated rings. The summed E-state index contributed by atoms with van der Waals surface area (Å²) in [7, 11) is 1.43. The summed E-state index contributed by atoms with van der Waals surface area (Å²) in [5.74, 6) is -2.42. The lowest BCUT2D eigenvalue weighted by Crippen LogP contribution is -2.64. The number of carbonyl (C=O) groups excluding carboxylic acids is 2. The van der Waals surface area contributed by atoms with Crippen molar-refractivity contribution in [2.45, 2.75) is 42.0 Å². The van der Waals surface area contributed by atoms with E-state index in [1.54, 1.807) is 9.80 Å². The summed E-state index contributed by atoms with van der Waals surface area (Å²) in [6.45, 7) is 3.70. The zero-order valence-corrected chi connectivity index (χ0v) is 23.6. The average Bonchev–Trinajstić information content (AvgIpc) is 2.93. The van der Waals surface area contributed by atoms with Crippen LogP contribution in [0, 0.1) is 11.6 Å². The second-order valence-corrected chi connectivity index (χ2v) is 11.8. The van der Waals surface area contributed by atoms with E-state index >= 15 is 4.39 Å². The molecule has 43 heavy (non-hydrogen) atoms. The zero-order chi connectivity index (χ0) is 30.8. The number of amides is 1. The topological polar surface area (TPSA) is 84.7 Å². The number of thioether (sulfide) groups is 1. The largest absolute Gasteiger partial charge is 0.417 e. The van der Waals surface area contributed by atoms with Gasteiger partial charge in [0.2, 0.25) is 5.91 Å². The molecule has 2 bridgehead atoms. The van der Waals surface area contributed by atoms with Crippen molar-refractivity contribution < 1.29 is 36.3 Å². The van der Waals surface area contributed by atoms with Gasteiger partial charge in [-0.1, -0.05) is 6.58 Å². The minimum Gasteiger partial charge on any atom is -0.383 e. The molecule has 2 saturated heterocycles. The number of nitrogens with zero attached hydrogens (tertiary/aromatic N) is 4. The van der Waals surface area contributed by atoms with Crippen LogP contribution in [0.2, 0.25) is 0 Å². The number of rotatable bonds is 5. The lowest BCUT2D eigenvalue weighted by Gasteiger charge is -2.49. The van der Waals surface area contributed by atoms with Crippen LogP contribution in [0.4, 0.5) is 27.8 Å². The third kappa shape index (κ3) is 4.89. The summed E-state index contributed by atoms with van der Waals surface area (Å²) < 4.78 is 79.7. The van der Waals surface area contributed by atoms with E-state index in [2.05, 4.69) is 11.6 Å². The molecule has 1 amide bonds. The molecule has 0 aliphatic carbocycles. The highest BCUT2D eigenvalue weighted by Gasteiger charge is 2.44. The van der Waals surface area contributed by atoms with E-state index in [0.717, 1.165) is 36.0 Å². The summed E-state index contributed by atoms with van der Waals surface area (Å²) in [4.78, 5) is 46.1. The summed E-state index contributed by atoms with van der Waals surface area (Å²) in [5, 5.41) is 0.00870. The molecule has 6 rings (SSSR count). The number of carbonyl (C=O) groups is 2. The van der Waals surface area contributed by atoms with Crippen molar-refractivity contribution in [2.75, 3.05) is 37.5 Å². The van der Waals surface area contributed by atoms with Crippen LogP contribution in [0.1, 0.15) is 24.4 Å². The Hall–Kier alpha value is -3.78. The van der Waals surface area contributed by atoms with E-state index in [4.69, 9.17) is 4.74 Å². The Bertz CT molecular complexity index is 1720. The average molecular weight is 621 g/mol. The Labute approximate surface area is 246 Å². The molecule has 0 spiro atoms. The molecule has 3 aliphatic heterocycles. The molecule has 14 heteroatoms. The number of Topliss-reactive ketones (excluding diaryl/α,β-unsaturated/α-hetero) is 1. The van der Waals surface area contributed by atoms with Crippen LogP contribution in [-0.4, -0.2) is 70.8 Å². The number of ketones is 1. The summed E-state index contributed by atoms with van der Waals surface area (Å²) >= 11 is 1.03. The molecule has 2 unspecified atom stereocenters. The highest BCUT2D eigenvalue weighted by Crippen LogP contribution is 2.50. The minimum atomic E-state index is -4.96. The van der Waals surface area contributed by atoms with E-state index in [1.165, 1.54) is 11.7 Å². The highest BCUT2D eigenvalue weighted by atomic mass is 32.2. The van der Waals surface area contributed by atoms with Crippen molar-refractivity contribution >= 4 is 40.2 Å². The standard InChI is InChI=1S/C29H25F5N4O4S/c1-3-23(40)37-15-7-18(39)8-16(37)11-36(10-15)27-20-9-21(29(32,33)34)24(19-5-4-14(30)6-22(19)31)26-25(20)38(28(41)35-27)17(12-42-2)13-43-26/h3-6,9,15-17H,1,7-8,10-13H2,2H3/t15?,16?,17-/m0/s1. The SMILES string of the molecule is C=CC(=O)N1C2CC(=O)CC1CN(c1nc(=O)n3c4c(c(-c5ccc(F)cc5F)c(C(F)(F)F)cc14)SC[C@@H]3COC)C2. The Balaban J connectivity index is 1.63. The number of piperazine rings is 1. The monoisotopic (exact) mass is 620 g/mol. The maximum atomic E-state index is 15.1. The van der Waals surface area contributed by atoms with Crippen LogP contribution in [0.5, 0.6) is 0 Å². The fraction of sp³-hybridized carbons (Fsp3) is 0.379. The number of anilines is 1. The van der Waals surface area contributed by atoms with Crippen LogP contribution < -0.4 is 10.6 Å². The van der Waals surface area contributed by atoms with E-state index in [-0.39, 0.29) is 71.6 Å². The Morgan fingerprint density at radius 2 is 1.86 bits per heavy atom. The number of halogens is 5. The van der Waals surface area contributed by atoms with Gasteiger partial charge in [0, 0.05) is 66.3 Å². The van der Waals surface area contributed by atoms with Gasteiger partial charge in [0.25, 0.3) is 0 Å². The second-order valence-electron chi connectivity index (χ2n) is 10.8. The van der Waals surface area contributed by atoms with Gasteiger partial charge in [0.1, 0.15) is 23.2 Å². The third-order valence-electron chi connectivity index (χ3n) is 8.10. The molecular weight excluding hydrogens is 595 g/mol. The second kappa shape index (κ2) is 10.7. The fourth-order valence-electron chi connectivity index (χ4n) is 6.46. The molecule has 3 aliphatic rings. The van der Waals surface area contributed by atoms with Gasteiger partial charge in [0.05, 0.1) is 35.8 Å². The number of alkyl halides is 3. The number of fused-ring (bicyclic) bond motifs is 2. The molecule has 3 atom stereocenters. The van der Waals surface area contributed by atoms with Crippen molar-refractivity contribution in [1.29, 1.82) is 0 Å².